The first kappa shape index (κ1) is 22.4. The molecule has 2 atom stereocenters. The summed E-state index contributed by atoms with van der Waals surface area (Å²) in [5, 5.41) is 3.45. The van der Waals surface area contributed by atoms with Crippen molar-refractivity contribution >= 4 is 29.9 Å². The zero-order valence-corrected chi connectivity index (χ0v) is 18.8. The molecule has 1 aromatic rings. The second kappa shape index (κ2) is 12.6. The Morgan fingerprint density at radius 1 is 1.30 bits per heavy atom. The summed E-state index contributed by atoms with van der Waals surface area (Å²) in [5.41, 5.74) is 1.44. The average Bonchev–Trinajstić information content (AvgIpc) is 3.36. The highest BCUT2D eigenvalue weighted by molar-refractivity contribution is 14.0. The first-order valence-electron chi connectivity index (χ1n) is 10.1. The van der Waals surface area contributed by atoms with Crippen LogP contribution in [-0.4, -0.2) is 63.5 Å². The van der Waals surface area contributed by atoms with E-state index in [1.54, 1.807) is 0 Å². The first-order valence-corrected chi connectivity index (χ1v) is 10.1. The Bertz CT molecular complexity index is 550. The second-order valence-electron chi connectivity index (χ2n) is 7.24. The molecule has 0 spiro atoms. The number of hydrogen-bond acceptors (Lipinski definition) is 3. The normalized spacial score (nSPS) is 22.7. The van der Waals surface area contributed by atoms with Gasteiger partial charge in [0.25, 0.3) is 0 Å². The van der Waals surface area contributed by atoms with Crippen LogP contribution in [0.25, 0.3) is 0 Å². The zero-order chi connectivity index (χ0) is 18.0. The maximum Gasteiger partial charge on any atom is 0.193 e. The standard InChI is InChI=1S/C21H33N3O2.HI/c1-2-22-21(23-11-6-13-25-16-18-10-14-26-17-18)24-12-9-20(15-24)19-7-4-3-5-8-19;/h3-5,7-8,18,20H,2,6,9-17H2,1H3,(H,22,23);1H. The second-order valence-corrected chi connectivity index (χ2v) is 7.24. The maximum absolute atomic E-state index is 5.78. The molecule has 6 heteroatoms. The molecule has 3 rings (SSSR count). The van der Waals surface area contributed by atoms with E-state index in [1.165, 1.54) is 12.0 Å². The van der Waals surface area contributed by atoms with Crippen molar-refractivity contribution in [2.24, 2.45) is 10.9 Å². The summed E-state index contributed by atoms with van der Waals surface area (Å²) in [5.74, 6) is 2.25. The van der Waals surface area contributed by atoms with E-state index < -0.39 is 0 Å². The van der Waals surface area contributed by atoms with E-state index in [0.29, 0.717) is 11.8 Å². The maximum atomic E-state index is 5.78. The van der Waals surface area contributed by atoms with Crippen molar-refractivity contribution in [3.8, 4) is 0 Å². The van der Waals surface area contributed by atoms with Crippen LogP contribution in [0.4, 0.5) is 0 Å². The molecule has 2 unspecified atom stereocenters. The van der Waals surface area contributed by atoms with Crippen molar-refractivity contribution in [3.05, 3.63) is 35.9 Å². The number of likely N-dealkylation sites (tertiary alicyclic amines) is 1. The van der Waals surface area contributed by atoms with Gasteiger partial charge in [-0.3, -0.25) is 4.99 Å². The topological polar surface area (TPSA) is 46.1 Å². The molecule has 0 radical (unpaired) electrons. The fourth-order valence-electron chi connectivity index (χ4n) is 3.69. The quantitative estimate of drug-likeness (QED) is 0.264. The molecule has 2 saturated heterocycles. The lowest BCUT2D eigenvalue weighted by Gasteiger charge is -2.21. The van der Waals surface area contributed by atoms with Crippen molar-refractivity contribution in [1.29, 1.82) is 0 Å². The van der Waals surface area contributed by atoms with Crippen molar-refractivity contribution in [2.75, 3.05) is 52.6 Å². The molecule has 0 aliphatic carbocycles. The molecule has 2 heterocycles. The SMILES string of the molecule is CCNC(=NCCCOCC1CCOC1)N1CCC(c2ccccc2)C1.I. The number of benzene rings is 1. The lowest BCUT2D eigenvalue weighted by Crippen LogP contribution is -2.40. The Kier molecular flexibility index (Phi) is 10.4. The molecule has 0 amide bonds. The Morgan fingerprint density at radius 3 is 2.89 bits per heavy atom. The van der Waals surface area contributed by atoms with Crippen LogP contribution in [0.15, 0.2) is 35.3 Å². The molecular formula is C21H34IN3O2. The highest BCUT2D eigenvalue weighted by Gasteiger charge is 2.25. The molecule has 27 heavy (non-hydrogen) atoms. The number of nitrogens with one attached hydrogen (secondary N) is 1. The number of rotatable bonds is 8. The van der Waals surface area contributed by atoms with Gasteiger partial charge < -0.3 is 19.7 Å². The fourth-order valence-corrected chi connectivity index (χ4v) is 3.69. The van der Waals surface area contributed by atoms with E-state index in [2.05, 4.69) is 47.5 Å². The molecule has 5 nitrogen and oxygen atoms in total. The fraction of sp³-hybridized carbons (Fsp3) is 0.667. The Hall–Kier alpha value is -0.860. The summed E-state index contributed by atoms with van der Waals surface area (Å²) in [6, 6.07) is 10.8. The summed E-state index contributed by atoms with van der Waals surface area (Å²) in [6.07, 6.45) is 3.31. The van der Waals surface area contributed by atoms with Crippen LogP contribution in [0.2, 0.25) is 0 Å². The van der Waals surface area contributed by atoms with Gasteiger partial charge in [-0.25, -0.2) is 0 Å². The number of aliphatic imine (C=N–C) groups is 1. The lowest BCUT2D eigenvalue weighted by molar-refractivity contribution is 0.0893. The van der Waals surface area contributed by atoms with Gasteiger partial charge in [-0.05, 0) is 31.7 Å². The van der Waals surface area contributed by atoms with Gasteiger partial charge in [-0.1, -0.05) is 30.3 Å². The van der Waals surface area contributed by atoms with Crippen molar-refractivity contribution in [1.82, 2.24) is 10.2 Å². The van der Waals surface area contributed by atoms with Gasteiger partial charge >= 0.3 is 0 Å². The highest BCUT2D eigenvalue weighted by Crippen LogP contribution is 2.26. The molecular weight excluding hydrogens is 453 g/mol. The lowest BCUT2D eigenvalue weighted by atomic mass is 9.99. The summed E-state index contributed by atoms with van der Waals surface area (Å²) in [6.45, 7) is 9.34. The summed E-state index contributed by atoms with van der Waals surface area (Å²) >= 11 is 0. The Labute approximate surface area is 180 Å². The van der Waals surface area contributed by atoms with E-state index in [0.717, 1.165) is 71.4 Å². The molecule has 2 aliphatic heterocycles. The highest BCUT2D eigenvalue weighted by atomic mass is 127. The summed E-state index contributed by atoms with van der Waals surface area (Å²) in [4.78, 5) is 7.22. The zero-order valence-electron chi connectivity index (χ0n) is 16.4. The van der Waals surface area contributed by atoms with Gasteiger partial charge in [-0.2, -0.15) is 0 Å². The molecule has 0 saturated carbocycles. The van der Waals surface area contributed by atoms with E-state index in [4.69, 9.17) is 14.5 Å². The molecule has 2 aliphatic rings. The monoisotopic (exact) mass is 487 g/mol. The van der Waals surface area contributed by atoms with Gasteiger partial charge in [0.15, 0.2) is 5.96 Å². The molecule has 2 fully saturated rings. The van der Waals surface area contributed by atoms with Crippen LogP contribution in [0.5, 0.6) is 0 Å². The van der Waals surface area contributed by atoms with Gasteiger partial charge in [0.2, 0.25) is 0 Å². The minimum absolute atomic E-state index is 0. The van der Waals surface area contributed by atoms with E-state index in [9.17, 15) is 0 Å². The predicted molar refractivity (Wildman–Crippen MR) is 121 cm³/mol. The average molecular weight is 487 g/mol. The van der Waals surface area contributed by atoms with Gasteiger partial charge in [0.1, 0.15) is 0 Å². The molecule has 152 valence electrons. The van der Waals surface area contributed by atoms with E-state index in [1.807, 2.05) is 0 Å². The van der Waals surface area contributed by atoms with Gasteiger partial charge in [0.05, 0.1) is 13.2 Å². The number of halogens is 1. The van der Waals surface area contributed by atoms with Crippen LogP contribution < -0.4 is 5.32 Å². The van der Waals surface area contributed by atoms with E-state index in [-0.39, 0.29) is 24.0 Å². The van der Waals surface area contributed by atoms with Crippen LogP contribution in [-0.2, 0) is 9.47 Å². The predicted octanol–water partition coefficient (Wildman–Crippen LogP) is 3.50. The molecule has 1 aromatic carbocycles. The largest absolute Gasteiger partial charge is 0.381 e. The minimum Gasteiger partial charge on any atom is -0.381 e. The Balaban J connectivity index is 0.00000261. The summed E-state index contributed by atoms with van der Waals surface area (Å²) < 4.78 is 11.2. The minimum atomic E-state index is 0. The third kappa shape index (κ3) is 7.23. The van der Waals surface area contributed by atoms with Crippen LogP contribution >= 0.6 is 24.0 Å². The molecule has 0 bridgehead atoms. The van der Waals surface area contributed by atoms with Gasteiger partial charge in [-0.15, -0.1) is 24.0 Å². The van der Waals surface area contributed by atoms with Crippen LogP contribution in [0.3, 0.4) is 0 Å². The number of ether oxygens (including phenoxy) is 2. The van der Waals surface area contributed by atoms with Crippen molar-refractivity contribution in [2.45, 2.75) is 32.1 Å². The number of hydrogen-bond donors (Lipinski definition) is 1. The van der Waals surface area contributed by atoms with Crippen molar-refractivity contribution < 1.29 is 9.47 Å². The van der Waals surface area contributed by atoms with Crippen LogP contribution in [0.1, 0.15) is 37.7 Å². The third-order valence-corrected chi connectivity index (χ3v) is 5.18. The third-order valence-electron chi connectivity index (χ3n) is 5.18. The number of guanidine groups is 1. The van der Waals surface area contributed by atoms with Gasteiger partial charge in [0, 0.05) is 51.2 Å². The van der Waals surface area contributed by atoms with Crippen molar-refractivity contribution in [3.63, 3.8) is 0 Å². The summed E-state index contributed by atoms with van der Waals surface area (Å²) in [7, 11) is 0. The van der Waals surface area contributed by atoms with Crippen LogP contribution in [0, 0.1) is 5.92 Å². The molecule has 0 aromatic heterocycles. The van der Waals surface area contributed by atoms with E-state index >= 15 is 0 Å². The first-order chi connectivity index (χ1) is 12.9. The molecule has 1 N–H and O–H groups in total. The smallest absolute Gasteiger partial charge is 0.193 e. The number of nitrogens with zero attached hydrogens (tertiary/aromatic N) is 2. The Morgan fingerprint density at radius 2 is 2.15 bits per heavy atom.